The largest absolute Gasteiger partial charge is 0.393 e. The van der Waals surface area contributed by atoms with Gasteiger partial charge < -0.3 is 5.11 Å². The van der Waals surface area contributed by atoms with E-state index in [2.05, 4.69) is 31.8 Å². The number of alkyl halides is 1. The molecule has 4 rings (SSSR count). The number of hydrogen-bond donors (Lipinski definition) is 1. The van der Waals surface area contributed by atoms with Crippen LogP contribution in [-0.4, -0.2) is 22.9 Å². The standard InChI is InChI=1S/C25H33ClO2/c1-24-12-10-18(27)16-22(24)17(7-5-3-4-6-14-26)15-19-20-8-9-23(28)25(20,2)13-11-21(19)24/h15-16,19-21,23,28H,4,6-14H2,1-2H3/t19-,20-,21-,23-,24+,25-/m0/s1. The Labute approximate surface area is 174 Å². The molecule has 3 heteroatoms. The Bertz CT molecular complexity index is 769. The minimum Gasteiger partial charge on any atom is -0.393 e. The van der Waals surface area contributed by atoms with E-state index in [0.29, 0.717) is 30.1 Å². The maximum Gasteiger partial charge on any atom is 0.156 e. The maximum atomic E-state index is 12.3. The van der Waals surface area contributed by atoms with Gasteiger partial charge in [-0.3, -0.25) is 4.79 Å². The summed E-state index contributed by atoms with van der Waals surface area (Å²) in [5.41, 5.74) is 2.67. The van der Waals surface area contributed by atoms with Gasteiger partial charge in [0.05, 0.1) is 6.10 Å². The zero-order valence-corrected chi connectivity index (χ0v) is 18.0. The lowest BCUT2D eigenvalue weighted by molar-refractivity contribution is -0.116. The topological polar surface area (TPSA) is 37.3 Å². The first-order valence-electron chi connectivity index (χ1n) is 11.1. The van der Waals surface area contributed by atoms with E-state index in [-0.39, 0.29) is 22.7 Å². The summed E-state index contributed by atoms with van der Waals surface area (Å²) < 4.78 is 0. The Morgan fingerprint density at radius 2 is 2.00 bits per heavy atom. The van der Waals surface area contributed by atoms with Gasteiger partial charge in [0.1, 0.15) is 0 Å². The molecule has 0 aliphatic heterocycles. The molecular weight excluding hydrogens is 368 g/mol. The number of fused-ring (bicyclic) bond motifs is 5. The monoisotopic (exact) mass is 400 g/mol. The Balaban J connectivity index is 1.71. The first-order valence-corrected chi connectivity index (χ1v) is 11.6. The molecule has 0 aromatic carbocycles. The second-order valence-corrected chi connectivity index (χ2v) is 10.3. The maximum absolute atomic E-state index is 12.3. The van der Waals surface area contributed by atoms with Crippen LogP contribution in [0.1, 0.15) is 71.6 Å². The highest BCUT2D eigenvalue weighted by Crippen LogP contribution is 2.64. The second-order valence-electron chi connectivity index (χ2n) is 9.88. The van der Waals surface area contributed by atoms with Crippen LogP contribution in [0.4, 0.5) is 0 Å². The van der Waals surface area contributed by atoms with Crippen LogP contribution < -0.4 is 0 Å². The summed E-state index contributed by atoms with van der Waals surface area (Å²) in [6.07, 6.45) is 12.7. The predicted molar refractivity (Wildman–Crippen MR) is 114 cm³/mol. The number of aliphatic hydroxyl groups is 1. The van der Waals surface area contributed by atoms with Crippen LogP contribution >= 0.6 is 11.6 Å². The third kappa shape index (κ3) is 3.20. The van der Waals surface area contributed by atoms with E-state index in [9.17, 15) is 9.90 Å². The summed E-state index contributed by atoms with van der Waals surface area (Å²) in [4.78, 5) is 12.3. The number of halogens is 1. The van der Waals surface area contributed by atoms with Gasteiger partial charge in [0.25, 0.3) is 0 Å². The zero-order valence-electron chi connectivity index (χ0n) is 17.3. The third-order valence-corrected chi connectivity index (χ3v) is 8.76. The number of aliphatic hydroxyl groups excluding tert-OH is 1. The quantitative estimate of drug-likeness (QED) is 0.389. The van der Waals surface area contributed by atoms with Crippen molar-refractivity contribution >= 4 is 17.4 Å². The van der Waals surface area contributed by atoms with Gasteiger partial charge in [0, 0.05) is 25.1 Å². The van der Waals surface area contributed by atoms with Crippen molar-refractivity contribution in [3.63, 3.8) is 0 Å². The molecule has 2 nitrogen and oxygen atoms in total. The molecule has 0 heterocycles. The fraction of sp³-hybridized carbons (Fsp3) is 0.720. The smallest absolute Gasteiger partial charge is 0.156 e. The van der Waals surface area contributed by atoms with E-state index in [1.54, 1.807) is 0 Å². The fourth-order valence-electron chi connectivity index (χ4n) is 6.78. The SMILES string of the molecule is C[C@]12CC[C@H]3[C@@H](C=C(CC#CCCCCl)C4=CC(=O)CC[C@@]43C)[C@@H]1CC[C@@H]2O. The Morgan fingerprint density at radius 3 is 2.79 bits per heavy atom. The molecule has 2 fully saturated rings. The van der Waals surface area contributed by atoms with E-state index in [0.717, 1.165) is 51.4 Å². The van der Waals surface area contributed by atoms with Gasteiger partial charge in [0.15, 0.2) is 5.78 Å². The summed E-state index contributed by atoms with van der Waals surface area (Å²) in [7, 11) is 0. The third-order valence-electron chi connectivity index (χ3n) is 8.49. The van der Waals surface area contributed by atoms with Crippen LogP contribution in [0.5, 0.6) is 0 Å². The van der Waals surface area contributed by atoms with Crippen molar-refractivity contribution < 1.29 is 9.90 Å². The van der Waals surface area contributed by atoms with Crippen molar-refractivity contribution in [3.05, 3.63) is 23.3 Å². The van der Waals surface area contributed by atoms with Gasteiger partial charge in [-0.15, -0.1) is 17.5 Å². The lowest BCUT2D eigenvalue weighted by atomic mass is 9.48. The van der Waals surface area contributed by atoms with Gasteiger partial charge in [0.2, 0.25) is 0 Å². The summed E-state index contributed by atoms with van der Waals surface area (Å²) in [5, 5.41) is 10.7. The van der Waals surface area contributed by atoms with E-state index < -0.39 is 0 Å². The first kappa shape index (κ1) is 20.2. The fourth-order valence-corrected chi connectivity index (χ4v) is 6.91. The minimum absolute atomic E-state index is 0.0524. The minimum atomic E-state index is -0.164. The lowest BCUT2D eigenvalue weighted by Crippen LogP contribution is -2.50. The lowest BCUT2D eigenvalue weighted by Gasteiger charge is -2.56. The van der Waals surface area contributed by atoms with Crippen molar-refractivity contribution in [3.8, 4) is 11.8 Å². The zero-order chi connectivity index (χ0) is 19.9. The van der Waals surface area contributed by atoms with E-state index in [1.807, 2.05) is 6.08 Å². The molecule has 0 spiro atoms. The number of carbonyl (C=O) groups excluding carboxylic acids is 1. The van der Waals surface area contributed by atoms with Gasteiger partial charge in [-0.1, -0.05) is 25.8 Å². The molecule has 152 valence electrons. The van der Waals surface area contributed by atoms with Gasteiger partial charge in [-0.2, -0.15) is 0 Å². The molecule has 0 amide bonds. The van der Waals surface area contributed by atoms with Crippen molar-refractivity contribution in [1.29, 1.82) is 0 Å². The van der Waals surface area contributed by atoms with Crippen molar-refractivity contribution in [2.24, 2.45) is 28.6 Å². The molecule has 0 unspecified atom stereocenters. The molecule has 0 saturated heterocycles. The van der Waals surface area contributed by atoms with Crippen molar-refractivity contribution in [1.82, 2.24) is 0 Å². The number of ketones is 1. The van der Waals surface area contributed by atoms with Crippen molar-refractivity contribution in [2.45, 2.75) is 77.7 Å². The highest BCUT2D eigenvalue weighted by atomic mass is 35.5. The number of unbranched alkanes of at least 4 members (excludes halogenated alkanes) is 1. The number of allylic oxidation sites excluding steroid dienone is 4. The van der Waals surface area contributed by atoms with Crippen LogP contribution in [0.3, 0.4) is 0 Å². The van der Waals surface area contributed by atoms with Crippen LogP contribution in [0.2, 0.25) is 0 Å². The molecule has 0 radical (unpaired) electrons. The number of rotatable bonds is 3. The Kier molecular flexibility index (Phi) is 5.54. The molecular formula is C25H33ClO2. The predicted octanol–water partition coefficient (Wildman–Crippen LogP) is 5.44. The van der Waals surface area contributed by atoms with Gasteiger partial charge in [-0.25, -0.2) is 0 Å². The van der Waals surface area contributed by atoms with Crippen LogP contribution in [0.25, 0.3) is 0 Å². The molecule has 4 aliphatic carbocycles. The Hall–Kier alpha value is -1.04. The first-order chi connectivity index (χ1) is 13.4. The van der Waals surface area contributed by atoms with E-state index >= 15 is 0 Å². The summed E-state index contributed by atoms with van der Waals surface area (Å²) in [6, 6.07) is 0. The molecule has 28 heavy (non-hydrogen) atoms. The number of carbonyl (C=O) groups is 1. The highest BCUT2D eigenvalue weighted by molar-refractivity contribution is 6.17. The molecule has 0 aromatic rings. The molecule has 6 atom stereocenters. The van der Waals surface area contributed by atoms with Gasteiger partial charge in [-0.05, 0) is 84.3 Å². The Morgan fingerprint density at radius 1 is 1.18 bits per heavy atom. The average Bonchev–Trinajstić information content (AvgIpc) is 2.98. The molecule has 0 bridgehead atoms. The molecule has 1 N–H and O–H groups in total. The highest BCUT2D eigenvalue weighted by Gasteiger charge is 2.58. The normalized spacial score (nSPS) is 41.8. The second kappa shape index (κ2) is 7.66. The summed E-state index contributed by atoms with van der Waals surface area (Å²) >= 11 is 5.76. The van der Waals surface area contributed by atoms with Crippen LogP contribution in [0, 0.1) is 40.4 Å². The van der Waals surface area contributed by atoms with E-state index in [1.165, 1.54) is 11.1 Å². The van der Waals surface area contributed by atoms with Gasteiger partial charge >= 0.3 is 0 Å². The molecule has 0 aromatic heterocycles. The van der Waals surface area contributed by atoms with Crippen LogP contribution in [0.15, 0.2) is 23.3 Å². The molecule has 2 saturated carbocycles. The molecule has 4 aliphatic rings. The van der Waals surface area contributed by atoms with Crippen LogP contribution in [-0.2, 0) is 4.79 Å². The average molecular weight is 401 g/mol. The van der Waals surface area contributed by atoms with E-state index in [4.69, 9.17) is 11.6 Å². The summed E-state index contributed by atoms with van der Waals surface area (Å²) in [5.74, 6) is 9.17. The summed E-state index contributed by atoms with van der Waals surface area (Å²) in [6.45, 7) is 4.70. The number of hydrogen-bond acceptors (Lipinski definition) is 2. The van der Waals surface area contributed by atoms with Crippen molar-refractivity contribution in [2.75, 3.05) is 5.88 Å².